The first-order valence-corrected chi connectivity index (χ1v) is 10.6. The fourth-order valence-electron chi connectivity index (χ4n) is 4.29. The SMILES string of the molecule is CC(Oc1cc(-c2ccc(N3CCNCC3)cc2)cn2nccc12)C1CNC(=O)C1. The number of aromatic nitrogens is 2. The van der Waals surface area contributed by atoms with Gasteiger partial charge >= 0.3 is 0 Å². The van der Waals surface area contributed by atoms with Crippen LogP contribution >= 0.6 is 0 Å². The average molecular weight is 406 g/mol. The van der Waals surface area contributed by atoms with Crippen molar-refractivity contribution in [1.82, 2.24) is 20.2 Å². The number of pyridine rings is 1. The van der Waals surface area contributed by atoms with Crippen LogP contribution in [0.4, 0.5) is 5.69 Å². The van der Waals surface area contributed by atoms with Gasteiger partial charge in [0.15, 0.2) is 0 Å². The van der Waals surface area contributed by atoms with E-state index in [0.29, 0.717) is 13.0 Å². The molecule has 30 heavy (non-hydrogen) atoms. The minimum Gasteiger partial charge on any atom is -0.488 e. The zero-order valence-electron chi connectivity index (χ0n) is 17.2. The number of rotatable bonds is 5. The second kappa shape index (κ2) is 7.99. The van der Waals surface area contributed by atoms with Crippen molar-refractivity contribution in [2.24, 2.45) is 5.92 Å². The van der Waals surface area contributed by atoms with Gasteiger partial charge in [-0.2, -0.15) is 5.10 Å². The fourth-order valence-corrected chi connectivity index (χ4v) is 4.29. The van der Waals surface area contributed by atoms with Gasteiger partial charge in [0.05, 0.1) is 6.20 Å². The second-order valence-electron chi connectivity index (χ2n) is 8.13. The molecule has 0 radical (unpaired) electrons. The summed E-state index contributed by atoms with van der Waals surface area (Å²) in [4.78, 5) is 14.0. The Morgan fingerprint density at radius 1 is 1.13 bits per heavy atom. The van der Waals surface area contributed by atoms with E-state index in [1.54, 1.807) is 6.20 Å². The van der Waals surface area contributed by atoms with Crippen LogP contribution in [-0.4, -0.2) is 54.3 Å². The lowest BCUT2D eigenvalue weighted by molar-refractivity contribution is -0.119. The Morgan fingerprint density at radius 3 is 2.67 bits per heavy atom. The quantitative estimate of drug-likeness (QED) is 0.682. The molecule has 0 aliphatic carbocycles. The standard InChI is InChI=1S/C23H27N5O2/c1-16(18-13-23(29)25-14-18)30-22-12-19(15-28-21(22)6-7-26-28)17-2-4-20(5-3-17)27-10-8-24-9-11-27/h2-7,12,15-16,18,24H,8-11,13-14H2,1H3,(H,25,29). The number of piperazine rings is 1. The Hall–Kier alpha value is -3.06. The van der Waals surface area contributed by atoms with Crippen molar-refractivity contribution in [3.8, 4) is 16.9 Å². The molecule has 1 amide bonds. The highest BCUT2D eigenvalue weighted by Crippen LogP contribution is 2.31. The van der Waals surface area contributed by atoms with E-state index in [-0.39, 0.29) is 17.9 Å². The molecule has 7 heteroatoms. The number of amides is 1. The highest BCUT2D eigenvalue weighted by atomic mass is 16.5. The molecule has 7 nitrogen and oxygen atoms in total. The van der Waals surface area contributed by atoms with Gasteiger partial charge in [-0.3, -0.25) is 4.79 Å². The number of ether oxygens (including phenoxy) is 1. The highest BCUT2D eigenvalue weighted by Gasteiger charge is 2.28. The van der Waals surface area contributed by atoms with Crippen LogP contribution in [-0.2, 0) is 4.79 Å². The monoisotopic (exact) mass is 405 g/mol. The average Bonchev–Trinajstić information content (AvgIpc) is 3.43. The van der Waals surface area contributed by atoms with Crippen LogP contribution in [0.25, 0.3) is 16.6 Å². The third-order valence-electron chi connectivity index (χ3n) is 6.14. The van der Waals surface area contributed by atoms with Gasteiger partial charge in [0, 0.05) is 62.5 Å². The van der Waals surface area contributed by atoms with Gasteiger partial charge < -0.3 is 20.3 Å². The highest BCUT2D eigenvalue weighted by molar-refractivity contribution is 5.78. The lowest BCUT2D eigenvalue weighted by atomic mass is 10.0. The molecule has 2 aliphatic heterocycles. The lowest BCUT2D eigenvalue weighted by Gasteiger charge is -2.29. The van der Waals surface area contributed by atoms with E-state index in [9.17, 15) is 4.79 Å². The molecule has 3 aromatic rings. The van der Waals surface area contributed by atoms with Gasteiger partial charge in [0.2, 0.25) is 5.91 Å². The number of carbonyl (C=O) groups excluding carboxylic acids is 1. The molecule has 0 spiro atoms. The molecule has 2 atom stereocenters. The number of hydrogen-bond donors (Lipinski definition) is 2. The third-order valence-corrected chi connectivity index (χ3v) is 6.14. The summed E-state index contributed by atoms with van der Waals surface area (Å²) in [6, 6.07) is 12.7. The Morgan fingerprint density at radius 2 is 1.93 bits per heavy atom. The number of fused-ring (bicyclic) bond motifs is 1. The minimum absolute atomic E-state index is 0.0620. The number of nitrogens with one attached hydrogen (secondary N) is 2. The predicted octanol–water partition coefficient (Wildman–Crippen LogP) is 2.31. The lowest BCUT2D eigenvalue weighted by Crippen LogP contribution is -2.43. The molecule has 2 aromatic heterocycles. The van der Waals surface area contributed by atoms with E-state index < -0.39 is 0 Å². The molecule has 1 aromatic carbocycles. The van der Waals surface area contributed by atoms with Gasteiger partial charge in [-0.1, -0.05) is 12.1 Å². The first-order valence-electron chi connectivity index (χ1n) is 10.6. The predicted molar refractivity (Wildman–Crippen MR) is 117 cm³/mol. The van der Waals surface area contributed by atoms with E-state index in [1.807, 2.05) is 23.7 Å². The fraction of sp³-hybridized carbons (Fsp3) is 0.391. The van der Waals surface area contributed by atoms with Crippen molar-refractivity contribution >= 4 is 17.1 Å². The van der Waals surface area contributed by atoms with Gasteiger partial charge in [0.25, 0.3) is 0 Å². The van der Waals surface area contributed by atoms with Crippen LogP contribution < -0.4 is 20.3 Å². The van der Waals surface area contributed by atoms with Crippen LogP contribution in [0.3, 0.4) is 0 Å². The summed E-state index contributed by atoms with van der Waals surface area (Å²) in [5.41, 5.74) is 4.37. The number of anilines is 1. The van der Waals surface area contributed by atoms with Crippen molar-refractivity contribution in [2.75, 3.05) is 37.6 Å². The van der Waals surface area contributed by atoms with Gasteiger partial charge in [-0.15, -0.1) is 0 Å². The molecule has 0 saturated carbocycles. The number of nitrogens with zero attached hydrogens (tertiary/aromatic N) is 3. The van der Waals surface area contributed by atoms with E-state index >= 15 is 0 Å². The summed E-state index contributed by atoms with van der Waals surface area (Å²) in [5.74, 6) is 1.08. The van der Waals surface area contributed by atoms with Crippen LogP contribution in [0.2, 0.25) is 0 Å². The first-order chi connectivity index (χ1) is 14.7. The van der Waals surface area contributed by atoms with E-state index in [1.165, 1.54) is 5.69 Å². The topological polar surface area (TPSA) is 70.9 Å². The maximum absolute atomic E-state index is 11.6. The Balaban J connectivity index is 1.41. The third kappa shape index (κ3) is 3.73. The Kier molecular flexibility index (Phi) is 5.04. The zero-order chi connectivity index (χ0) is 20.5. The number of carbonyl (C=O) groups is 1. The molecule has 2 unspecified atom stereocenters. The molecule has 2 aliphatic rings. The smallest absolute Gasteiger partial charge is 0.220 e. The summed E-state index contributed by atoms with van der Waals surface area (Å²) < 4.78 is 8.19. The van der Waals surface area contributed by atoms with Crippen molar-refractivity contribution in [2.45, 2.75) is 19.4 Å². The Bertz CT molecular complexity index is 1040. The molecular weight excluding hydrogens is 378 g/mol. The van der Waals surface area contributed by atoms with E-state index in [4.69, 9.17) is 4.74 Å². The maximum atomic E-state index is 11.6. The normalized spacial score (nSPS) is 20.4. The van der Waals surface area contributed by atoms with Crippen LogP contribution in [0.5, 0.6) is 5.75 Å². The largest absolute Gasteiger partial charge is 0.488 e. The van der Waals surface area contributed by atoms with Crippen molar-refractivity contribution in [3.63, 3.8) is 0 Å². The molecule has 2 N–H and O–H groups in total. The first kappa shape index (κ1) is 18.9. The van der Waals surface area contributed by atoms with Crippen LogP contribution in [0.1, 0.15) is 13.3 Å². The number of hydrogen-bond acceptors (Lipinski definition) is 5. The molecule has 2 fully saturated rings. The number of benzene rings is 1. The van der Waals surface area contributed by atoms with Crippen molar-refractivity contribution < 1.29 is 9.53 Å². The van der Waals surface area contributed by atoms with Gasteiger partial charge in [-0.05, 0) is 36.8 Å². The Labute approximate surface area is 176 Å². The van der Waals surface area contributed by atoms with Crippen LogP contribution in [0, 0.1) is 5.92 Å². The minimum atomic E-state index is -0.0620. The summed E-state index contributed by atoms with van der Waals surface area (Å²) in [5, 5.41) is 10.7. The molecule has 156 valence electrons. The molecule has 5 rings (SSSR count). The van der Waals surface area contributed by atoms with E-state index in [0.717, 1.165) is 48.6 Å². The molecular formula is C23H27N5O2. The summed E-state index contributed by atoms with van der Waals surface area (Å²) >= 11 is 0. The van der Waals surface area contributed by atoms with Gasteiger partial charge in [0.1, 0.15) is 17.4 Å². The van der Waals surface area contributed by atoms with Crippen molar-refractivity contribution in [1.29, 1.82) is 0 Å². The second-order valence-corrected chi connectivity index (χ2v) is 8.13. The zero-order valence-corrected chi connectivity index (χ0v) is 17.2. The van der Waals surface area contributed by atoms with E-state index in [2.05, 4.69) is 51.0 Å². The molecule has 2 saturated heterocycles. The summed E-state index contributed by atoms with van der Waals surface area (Å²) in [7, 11) is 0. The van der Waals surface area contributed by atoms with Crippen LogP contribution in [0.15, 0.2) is 48.8 Å². The van der Waals surface area contributed by atoms with Crippen molar-refractivity contribution in [3.05, 3.63) is 48.8 Å². The van der Waals surface area contributed by atoms with Gasteiger partial charge in [-0.25, -0.2) is 4.52 Å². The molecule has 4 heterocycles. The summed E-state index contributed by atoms with van der Waals surface area (Å²) in [6.45, 7) is 6.83. The molecule has 0 bridgehead atoms. The maximum Gasteiger partial charge on any atom is 0.220 e. The summed E-state index contributed by atoms with van der Waals surface area (Å²) in [6.07, 6.45) is 4.27.